The third kappa shape index (κ3) is 4.98. The van der Waals surface area contributed by atoms with Gasteiger partial charge in [0.15, 0.2) is 0 Å². The van der Waals surface area contributed by atoms with Crippen molar-refractivity contribution >= 4 is 27.3 Å². The Morgan fingerprint density at radius 1 is 1.15 bits per heavy atom. The third-order valence-corrected chi connectivity index (χ3v) is 9.34. The number of aliphatic hydroxyl groups excluding tert-OH is 1. The smallest absolute Gasteiger partial charge is 0.225 e. The van der Waals surface area contributed by atoms with Crippen LogP contribution in [0, 0.1) is 23.7 Å². The Bertz CT molecular complexity index is 622. The molecule has 1 saturated carbocycles. The van der Waals surface area contributed by atoms with Crippen LogP contribution in [0.3, 0.4) is 0 Å². The van der Waals surface area contributed by atoms with E-state index in [0.717, 1.165) is 19.3 Å². The van der Waals surface area contributed by atoms with Crippen molar-refractivity contribution in [3.05, 3.63) is 0 Å². The van der Waals surface area contributed by atoms with Gasteiger partial charge in [0, 0.05) is 36.3 Å². The van der Waals surface area contributed by atoms with E-state index in [1.54, 1.807) is 0 Å². The number of carbonyl (C=O) groups excluding carboxylic acids is 1. The maximum Gasteiger partial charge on any atom is 0.225 e. The van der Waals surface area contributed by atoms with Gasteiger partial charge in [-0.05, 0) is 50.4 Å². The number of alkyl halides is 1. The summed E-state index contributed by atoms with van der Waals surface area (Å²) in [7, 11) is -2.95. The molecule has 0 aromatic carbocycles. The number of sulfone groups is 1. The van der Waals surface area contributed by atoms with Gasteiger partial charge in [0.05, 0.1) is 17.6 Å². The van der Waals surface area contributed by atoms with Crippen LogP contribution in [-0.2, 0) is 14.6 Å². The summed E-state index contributed by atoms with van der Waals surface area (Å²) in [5, 5.41) is 10.5. The first-order valence-electron chi connectivity index (χ1n) is 10.2. The number of nitrogens with two attached hydrogens (primary N) is 1. The van der Waals surface area contributed by atoms with Crippen LogP contribution in [0.4, 0.5) is 0 Å². The zero-order valence-electron chi connectivity index (χ0n) is 16.1. The Balaban J connectivity index is 1.50. The van der Waals surface area contributed by atoms with E-state index in [2.05, 4.69) is 6.92 Å². The molecule has 0 aromatic rings. The number of hydrogen-bond acceptors (Lipinski definition) is 5. The zero-order chi connectivity index (χ0) is 19.8. The van der Waals surface area contributed by atoms with Gasteiger partial charge in [0.1, 0.15) is 9.84 Å². The quantitative estimate of drug-likeness (QED) is 0.672. The van der Waals surface area contributed by atoms with Crippen LogP contribution in [0.1, 0.15) is 45.4 Å². The Kier molecular flexibility index (Phi) is 6.76. The first kappa shape index (κ1) is 21.3. The summed E-state index contributed by atoms with van der Waals surface area (Å²) in [5.74, 6) is 0.827. The van der Waals surface area contributed by atoms with Gasteiger partial charge >= 0.3 is 0 Å². The number of piperidine rings is 1. The molecule has 2 heterocycles. The largest absolute Gasteiger partial charge is 0.393 e. The number of aliphatic hydroxyl groups is 1. The van der Waals surface area contributed by atoms with Gasteiger partial charge in [-0.25, -0.2) is 8.42 Å². The van der Waals surface area contributed by atoms with E-state index in [9.17, 15) is 18.3 Å². The topological polar surface area (TPSA) is 101 Å². The number of likely N-dealkylation sites (tertiary alicyclic amines) is 1. The van der Waals surface area contributed by atoms with E-state index in [1.807, 2.05) is 4.90 Å². The lowest BCUT2D eigenvalue weighted by molar-refractivity contribution is -0.137. The molecule has 3 rings (SSSR count). The van der Waals surface area contributed by atoms with Gasteiger partial charge < -0.3 is 15.7 Å². The first-order valence-corrected chi connectivity index (χ1v) is 12.5. The van der Waals surface area contributed by atoms with Crippen molar-refractivity contribution in [2.45, 2.75) is 63.0 Å². The Labute approximate surface area is 167 Å². The number of nitrogens with zero attached hydrogens (tertiary/aromatic N) is 1. The fraction of sp³-hybridized carbons (Fsp3) is 0.947. The molecule has 3 aliphatic rings. The fourth-order valence-corrected chi connectivity index (χ4v) is 6.82. The number of rotatable bonds is 3. The predicted octanol–water partition coefficient (Wildman–Crippen LogP) is 1.39. The van der Waals surface area contributed by atoms with Crippen molar-refractivity contribution in [2.24, 2.45) is 29.4 Å². The number of amides is 1. The third-order valence-electron chi connectivity index (χ3n) is 7.02. The van der Waals surface area contributed by atoms with Crippen LogP contribution < -0.4 is 5.73 Å². The molecule has 4 unspecified atom stereocenters. The number of halogens is 1. The highest BCUT2D eigenvalue weighted by atomic mass is 35.5. The van der Waals surface area contributed by atoms with Crippen LogP contribution >= 0.6 is 11.6 Å². The second-order valence-electron chi connectivity index (χ2n) is 8.86. The summed E-state index contributed by atoms with van der Waals surface area (Å²) in [4.78, 5) is 14.6. The summed E-state index contributed by atoms with van der Waals surface area (Å²) in [6.45, 7) is 3.41. The van der Waals surface area contributed by atoms with Crippen molar-refractivity contribution in [2.75, 3.05) is 24.6 Å². The molecule has 1 aliphatic carbocycles. The van der Waals surface area contributed by atoms with Gasteiger partial charge in [-0.15, -0.1) is 11.6 Å². The zero-order valence-corrected chi connectivity index (χ0v) is 17.7. The van der Waals surface area contributed by atoms with Crippen LogP contribution in [0.2, 0.25) is 0 Å². The number of carbonyl (C=O) groups is 1. The molecule has 156 valence electrons. The lowest BCUT2D eigenvalue weighted by Gasteiger charge is -2.43. The number of hydrogen-bond donors (Lipinski definition) is 2. The highest BCUT2D eigenvalue weighted by molar-refractivity contribution is 7.91. The van der Waals surface area contributed by atoms with Crippen molar-refractivity contribution < 1.29 is 18.3 Å². The molecule has 8 heteroatoms. The van der Waals surface area contributed by atoms with E-state index in [4.69, 9.17) is 17.3 Å². The molecule has 0 spiro atoms. The summed E-state index contributed by atoms with van der Waals surface area (Å²) in [5.41, 5.74) is 6.53. The minimum absolute atomic E-state index is 0.0273. The molecular weight excluding hydrogens is 388 g/mol. The second kappa shape index (κ2) is 8.56. The summed E-state index contributed by atoms with van der Waals surface area (Å²) in [6, 6.07) is -0.0918. The molecule has 27 heavy (non-hydrogen) atoms. The van der Waals surface area contributed by atoms with Gasteiger partial charge in [0.2, 0.25) is 5.91 Å². The van der Waals surface area contributed by atoms with E-state index in [1.165, 1.54) is 0 Å². The monoisotopic (exact) mass is 420 g/mol. The normalized spacial score (nSPS) is 37.1. The van der Waals surface area contributed by atoms with Crippen LogP contribution in [0.5, 0.6) is 0 Å². The molecule has 5 atom stereocenters. The second-order valence-corrected chi connectivity index (χ2v) is 11.7. The standard InChI is InChI=1S/C19H33ClN2O4S/c1-12-10-17(23)15(11-16(12)20)18(21)13-2-6-22(7-3-13)19(24)14-4-8-27(25,26)9-5-14/h12-18,23H,2-11,21H2,1H3/t12?,15?,16?,17?,18-/m1/s1. The molecule has 2 aliphatic heterocycles. The predicted molar refractivity (Wildman–Crippen MR) is 106 cm³/mol. The highest BCUT2D eigenvalue weighted by Crippen LogP contribution is 2.37. The van der Waals surface area contributed by atoms with Crippen LogP contribution in [0.15, 0.2) is 0 Å². The fourth-order valence-electron chi connectivity index (χ4n) is 5.02. The molecule has 1 amide bonds. The average Bonchev–Trinajstić information content (AvgIpc) is 2.64. The maximum atomic E-state index is 12.7. The van der Waals surface area contributed by atoms with Gasteiger partial charge in [0.25, 0.3) is 0 Å². The van der Waals surface area contributed by atoms with Crippen molar-refractivity contribution in [1.29, 1.82) is 0 Å². The minimum Gasteiger partial charge on any atom is -0.393 e. The van der Waals surface area contributed by atoms with Crippen LogP contribution in [-0.4, -0.2) is 66.4 Å². The summed E-state index contributed by atoms with van der Waals surface area (Å²) < 4.78 is 23.1. The highest BCUT2D eigenvalue weighted by Gasteiger charge is 2.40. The summed E-state index contributed by atoms with van der Waals surface area (Å²) in [6.07, 6.45) is 3.63. The average molecular weight is 421 g/mol. The lowest BCUT2D eigenvalue weighted by Crippen LogP contribution is -2.52. The molecule has 2 saturated heterocycles. The maximum absolute atomic E-state index is 12.7. The molecular formula is C19H33ClN2O4S. The SMILES string of the molecule is CC1CC(O)C([C@H](N)C2CCN(C(=O)C3CCS(=O)(=O)CC3)CC2)CC1Cl. The molecule has 6 nitrogen and oxygen atoms in total. The molecule has 0 aromatic heterocycles. The summed E-state index contributed by atoms with van der Waals surface area (Å²) >= 11 is 6.42. The Morgan fingerprint density at radius 2 is 1.74 bits per heavy atom. The molecule has 3 fully saturated rings. The van der Waals surface area contributed by atoms with Crippen molar-refractivity contribution in [1.82, 2.24) is 4.90 Å². The van der Waals surface area contributed by atoms with Gasteiger partial charge in [-0.1, -0.05) is 6.92 Å². The molecule has 3 N–H and O–H groups in total. The Hall–Kier alpha value is -0.370. The van der Waals surface area contributed by atoms with E-state index in [0.29, 0.717) is 38.3 Å². The van der Waals surface area contributed by atoms with Crippen molar-refractivity contribution in [3.8, 4) is 0 Å². The van der Waals surface area contributed by atoms with Crippen LogP contribution in [0.25, 0.3) is 0 Å². The van der Waals surface area contributed by atoms with Crippen molar-refractivity contribution in [3.63, 3.8) is 0 Å². The van der Waals surface area contributed by atoms with E-state index in [-0.39, 0.29) is 46.6 Å². The van der Waals surface area contributed by atoms with E-state index >= 15 is 0 Å². The molecule has 0 bridgehead atoms. The Morgan fingerprint density at radius 3 is 2.33 bits per heavy atom. The van der Waals surface area contributed by atoms with Gasteiger partial charge in [-0.2, -0.15) is 0 Å². The minimum atomic E-state index is -2.95. The molecule has 0 radical (unpaired) electrons. The first-order chi connectivity index (χ1) is 12.7. The van der Waals surface area contributed by atoms with E-state index < -0.39 is 15.9 Å². The lowest BCUT2D eigenvalue weighted by atomic mass is 9.72. The van der Waals surface area contributed by atoms with Gasteiger partial charge in [-0.3, -0.25) is 4.79 Å².